The first kappa shape index (κ1) is 19.7. The van der Waals surface area contributed by atoms with Crippen molar-refractivity contribution in [3.63, 3.8) is 0 Å². The summed E-state index contributed by atoms with van der Waals surface area (Å²) in [4.78, 5) is 11.8. The molecule has 0 saturated carbocycles. The van der Waals surface area contributed by atoms with E-state index in [0.717, 1.165) is 40.6 Å². The minimum absolute atomic E-state index is 0.218. The number of carbonyl (C=O) groups is 1. The molecule has 0 aromatic heterocycles. The summed E-state index contributed by atoms with van der Waals surface area (Å²) in [5.74, 6) is -0.218. The summed E-state index contributed by atoms with van der Waals surface area (Å²) in [6.07, 6.45) is 0.280. The molecule has 0 saturated heterocycles. The topological polar surface area (TPSA) is 58.6 Å². The van der Waals surface area contributed by atoms with Crippen molar-refractivity contribution in [2.45, 2.75) is 27.2 Å². The largest absolute Gasteiger partial charge is 0.469 e. The average molecular weight is 329 g/mol. The molecule has 0 spiro atoms. The number of anilines is 1. The van der Waals surface area contributed by atoms with Gasteiger partial charge in [-0.1, -0.05) is 29.8 Å². The summed E-state index contributed by atoms with van der Waals surface area (Å²) in [7, 11) is 4.33. The molecular weight excluding hydrogens is 302 g/mol. The molecule has 2 rings (SSSR count). The van der Waals surface area contributed by atoms with Crippen LogP contribution in [0, 0.1) is 20.8 Å². The Balaban J connectivity index is 0.00000139. The molecule has 2 N–H and O–H groups in total. The molecular formula is C20H27NO3. The van der Waals surface area contributed by atoms with Gasteiger partial charge < -0.3 is 15.2 Å². The van der Waals surface area contributed by atoms with E-state index in [1.54, 1.807) is 0 Å². The van der Waals surface area contributed by atoms with E-state index in [9.17, 15) is 4.79 Å². The number of carbonyl (C=O) groups excluding carboxylic acids is 1. The number of esters is 1. The minimum Gasteiger partial charge on any atom is -0.469 e. The predicted molar refractivity (Wildman–Crippen MR) is 99.5 cm³/mol. The normalized spacial score (nSPS) is 9.79. The van der Waals surface area contributed by atoms with Crippen LogP contribution in [0.3, 0.4) is 0 Å². The first-order valence-corrected chi connectivity index (χ1v) is 7.87. The van der Waals surface area contributed by atoms with Crippen molar-refractivity contribution in [3.8, 4) is 11.1 Å². The van der Waals surface area contributed by atoms with Crippen molar-refractivity contribution in [1.29, 1.82) is 0 Å². The van der Waals surface area contributed by atoms with Crippen molar-refractivity contribution in [2.75, 3.05) is 26.6 Å². The predicted octanol–water partition coefficient (Wildman–Crippen LogP) is 3.64. The maximum absolute atomic E-state index is 11.8. The maximum Gasteiger partial charge on any atom is 0.310 e. The Labute approximate surface area is 144 Å². The summed E-state index contributed by atoms with van der Waals surface area (Å²) < 4.78 is 4.87. The van der Waals surface area contributed by atoms with Gasteiger partial charge in [0.05, 0.1) is 13.5 Å². The molecule has 0 atom stereocenters. The highest BCUT2D eigenvalue weighted by atomic mass is 16.5. The van der Waals surface area contributed by atoms with Crippen LogP contribution in [0.2, 0.25) is 0 Å². The number of hydrogen-bond donors (Lipinski definition) is 2. The number of aliphatic hydroxyl groups is 1. The van der Waals surface area contributed by atoms with E-state index in [0.29, 0.717) is 0 Å². The summed E-state index contributed by atoms with van der Waals surface area (Å²) in [5, 5.41) is 10.2. The van der Waals surface area contributed by atoms with E-state index in [4.69, 9.17) is 9.84 Å². The van der Waals surface area contributed by atoms with Crippen molar-refractivity contribution in [3.05, 3.63) is 52.6 Å². The molecule has 0 aliphatic carbocycles. The van der Waals surface area contributed by atoms with Crippen LogP contribution in [0.1, 0.15) is 22.3 Å². The second-order valence-electron chi connectivity index (χ2n) is 5.59. The molecule has 4 heteroatoms. The SMILES string of the molecule is CNc1cc(C)c(-c2ccc(C)cc2)c(CC(=O)OC)c1C.CO. The van der Waals surface area contributed by atoms with E-state index in [-0.39, 0.29) is 12.4 Å². The first-order chi connectivity index (χ1) is 11.5. The quantitative estimate of drug-likeness (QED) is 0.841. The molecule has 2 aromatic carbocycles. The number of aryl methyl sites for hydroxylation is 2. The third-order valence-electron chi connectivity index (χ3n) is 4.07. The fourth-order valence-electron chi connectivity index (χ4n) is 2.80. The van der Waals surface area contributed by atoms with Crippen LogP contribution in [-0.4, -0.2) is 32.3 Å². The lowest BCUT2D eigenvalue weighted by Crippen LogP contribution is -2.10. The Morgan fingerprint density at radius 3 is 2.21 bits per heavy atom. The molecule has 130 valence electrons. The average Bonchev–Trinajstić information content (AvgIpc) is 2.60. The number of benzene rings is 2. The molecule has 4 nitrogen and oxygen atoms in total. The van der Waals surface area contributed by atoms with Crippen molar-refractivity contribution in [1.82, 2.24) is 0 Å². The Hall–Kier alpha value is -2.33. The molecule has 0 unspecified atom stereocenters. The van der Waals surface area contributed by atoms with E-state index >= 15 is 0 Å². The highest BCUT2D eigenvalue weighted by Gasteiger charge is 2.17. The second kappa shape index (κ2) is 9.08. The third-order valence-corrected chi connectivity index (χ3v) is 4.07. The van der Waals surface area contributed by atoms with Crippen LogP contribution < -0.4 is 5.32 Å². The number of methoxy groups -OCH3 is 1. The van der Waals surface area contributed by atoms with Gasteiger partial charge in [-0.25, -0.2) is 0 Å². The molecule has 2 aromatic rings. The van der Waals surface area contributed by atoms with Gasteiger partial charge in [0, 0.05) is 19.8 Å². The van der Waals surface area contributed by atoms with Crippen molar-refractivity contribution < 1.29 is 14.6 Å². The standard InChI is InChI=1S/C19H23NO2.CH4O/c1-12-6-8-15(9-7-12)19-13(2)10-17(20-4)14(3)16(19)11-18(21)22-5;1-2/h6-10,20H,11H2,1-5H3;2H,1H3. The van der Waals surface area contributed by atoms with Gasteiger partial charge in [0.25, 0.3) is 0 Å². The highest BCUT2D eigenvalue weighted by molar-refractivity contribution is 5.83. The highest BCUT2D eigenvalue weighted by Crippen LogP contribution is 2.34. The van der Waals surface area contributed by atoms with Gasteiger partial charge in [-0.2, -0.15) is 0 Å². The van der Waals surface area contributed by atoms with Gasteiger partial charge in [-0.3, -0.25) is 4.79 Å². The number of rotatable bonds is 4. The first-order valence-electron chi connectivity index (χ1n) is 7.87. The number of hydrogen-bond acceptors (Lipinski definition) is 4. The Morgan fingerprint density at radius 1 is 1.12 bits per heavy atom. The van der Waals surface area contributed by atoms with Gasteiger partial charge in [-0.15, -0.1) is 0 Å². The second-order valence-corrected chi connectivity index (χ2v) is 5.59. The zero-order chi connectivity index (χ0) is 18.3. The van der Waals surface area contributed by atoms with Crippen LogP contribution in [-0.2, 0) is 16.0 Å². The van der Waals surface area contributed by atoms with E-state index in [2.05, 4.69) is 49.5 Å². The number of ether oxygens (including phenoxy) is 1. The monoisotopic (exact) mass is 329 g/mol. The van der Waals surface area contributed by atoms with Crippen LogP contribution in [0.4, 0.5) is 5.69 Å². The van der Waals surface area contributed by atoms with Crippen molar-refractivity contribution >= 4 is 11.7 Å². The molecule has 0 bridgehead atoms. The zero-order valence-corrected chi connectivity index (χ0v) is 15.4. The fraction of sp³-hybridized carbons (Fsp3) is 0.350. The van der Waals surface area contributed by atoms with Crippen LogP contribution >= 0.6 is 0 Å². The van der Waals surface area contributed by atoms with Crippen LogP contribution in [0.25, 0.3) is 11.1 Å². The Bertz CT molecular complexity index is 691. The summed E-state index contributed by atoms with van der Waals surface area (Å²) in [5.41, 5.74) is 7.80. The third kappa shape index (κ3) is 4.36. The van der Waals surface area contributed by atoms with Gasteiger partial charge in [-0.05, 0) is 54.7 Å². The van der Waals surface area contributed by atoms with E-state index in [1.165, 1.54) is 12.7 Å². The van der Waals surface area contributed by atoms with E-state index < -0.39 is 0 Å². The van der Waals surface area contributed by atoms with Gasteiger partial charge in [0.1, 0.15) is 0 Å². The summed E-state index contributed by atoms with van der Waals surface area (Å²) >= 11 is 0. The smallest absolute Gasteiger partial charge is 0.310 e. The fourth-order valence-corrected chi connectivity index (χ4v) is 2.80. The lowest BCUT2D eigenvalue weighted by molar-refractivity contribution is -0.139. The lowest BCUT2D eigenvalue weighted by Gasteiger charge is -2.19. The molecule has 24 heavy (non-hydrogen) atoms. The lowest BCUT2D eigenvalue weighted by atomic mass is 9.88. The van der Waals surface area contributed by atoms with Gasteiger partial charge >= 0.3 is 5.97 Å². The Kier molecular flexibility index (Phi) is 7.46. The van der Waals surface area contributed by atoms with Crippen LogP contribution in [0.15, 0.2) is 30.3 Å². The Morgan fingerprint density at radius 2 is 1.71 bits per heavy atom. The minimum atomic E-state index is -0.218. The van der Waals surface area contributed by atoms with E-state index in [1.807, 2.05) is 14.0 Å². The molecule has 0 radical (unpaired) electrons. The van der Waals surface area contributed by atoms with Gasteiger partial charge in [0.2, 0.25) is 0 Å². The molecule has 0 amide bonds. The molecule has 0 heterocycles. The molecule has 0 aliphatic heterocycles. The summed E-state index contributed by atoms with van der Waals surface area (Å²) in [6.45, 7) is 6.19. The zero-order valence-electron chi connectivity index (χ0n) is 15.4. The molecule has 0 fully saturated rings. The maximum atomic E-state index is 11.8. The van der Waals surface area contributed by atoms with Crippen LogP contribution in [0.5, 0.6) is 0 Å². The number of nitrogens with one attached hydrogen (secondary N) is 1. The summed E-state index contributed by atoms with van der Waals surface area (Å²) in [6, 6.07) is 10.5. The molecule has 0 aliphatic rings. The van der Waals surface area contributed by atoms with Gasteiger partial charge in [0.15, 0.2) is 0 Å². The number of aliphatic hydroxyl groups excluding tert-OH is 1. The van der Waals surface area contributed by atoms with Crippen molar-refractivity contribution in [2.24, 2.45) is 0 Å².